The number of nitrogens with one attached hydrogen (secondary N) is 1. The number of methoxy groups -OCH3 is 3. The summed E-state index contributed by atoms with van der Waals surface area (Å²) >= 11 is 0. The van der Waals surface area contributed by atoms with E-state index in [9.17, 15) is 0 Å². The molecule has 0 fully saturated rings. The lowest BCUT2D eigenvalue weighted by molar-refractivity contribution is 0.349. The van der Waals surface area contributed by atoms with Crippen LogP contribution in [0.25, 0.3) is 22.5 Å². The second-order valence-corrected chi connectivity index (χ2v) is 5.87. The number of benzene rings is 2. The Bertz CT molecular complexity index is 888. The van der Waals surface area contributed by atoms with Gasteiger partial charge in [-0.25, -0.2) is 0 Å². The van der Waals surface area contributed by atoms with Crippen molar-refractivity contribution in [3.8, 4) is 39.8 Å². The lowest BCUT2D eigenvalue weighted by atomic mass is 10.0. The molecule has 0 aliphatic carbocycles. The molecular formula is C19H22N4O3. The molecule has 0 amide bonds. The van der Waals surface area contributed by atoms with Gasteiger partial charge in [0.1, 0.15) is 17.1 Å². The third kappa shape index (κ3) is 3.15. The lowest BCUT2D eigenvalue weighted by Crippen LogP contribution is -2.07. The largest absolute Gasteiger partial charge is 0.496 e. The summed E-state index contributed by atoms with van der Waals surface area (Å²) in [6.07, 6.45) is 0. The van der Waals surface area contributed by atoms with E-state index >= 15 is 0 Å². The predicted octanol–water partition coefficient (Wildman–Crippen LogP) is 3.23. The smallest absolute Gasteiger partial charge is 0.164 e. The molecule has 0 saturated heterocycles. The topological polar surface area (TPSA) is 72.5 Å². The maximum absolute atomic E-state index is 5.53. The van der Waals surface area contributed by atoms with Crippen molar-refractivity contribution in [2.45, 2.75) is 0 Å². The maximum atomic E-state index is 5.53. The second-order valence-electron chi connectivity index (χ2n) is 5.87. The zero-order valence-corrected chi connectivity index (χ0v) is 15.5. The first kappa shape index (κ1) is 17.6. The van der Waals surface area contributed by atoms with Crippen LogP contribution in [0, 0.1) is 0 Å². The van der Waals surface area contributed by atoms with Crippen molar-refractivity contribution in [2.24, 2.45) is 0 Å². The Labute approximate surface area is 152 Å². The minimum absolute atomic E-state index is 0.591. The van der Waals surface area contributed by atoms with Crippen LogP contribution in [0.15, 0.2) is 36.4 Å². The summed E-state index contributed by atoms with van der Waals surface area (Å²) in [5.41, 5.74) is 4.26. The van der Waals surface area contributed by atoms with Crippen molar-refractivity contribution < 1.29 is 14.2 Å². The Morgan fingerprint density at radius 2 is 1.35 bits per heavy atom. The summed E-state index contributed by atoms with van der Waals surface area (Å²) in [5, 5.41) is 11.4. The van der Waals surface area contributed by atoms with Crippen LogP contribution in [0.2, 0.25) is 0 Å². The number of anilines is 1. The van der Waals surface area contributed by atoms with E-state index in [2.05, 4.69) is 15.4 Å². The third-order valence-electron chi connectivity index (χ3n) is 4.17. The summed E-state index contributed by atoms with van der Waals surface area (Å²) in [5.74, 6) is 1.82. The van der Waals surface area contributed by atoms with Gasteiger partial charge in [-0.05, 0) is 18.2 Å². The Balaban J connectivity index is 2.11. The molecule has 26 heavy (non-hydrogen) atoms. The molecule has 1 aromatic heterocycles. The van der Waals surface area contributed by atoms with E-state index in [1.807, 2.05) is 49.3 Å². The van der Waals surface area contributed by atoms with Gasteiger partial charge in [-0.15, -0.1) is 0 Å². The van der Waals surface area contributed by atoms with Crippen LogP contribution >= 0.6 is 0 Å². The fraction of sp³-hybridized carbons (Fsp3) is 0.263. The van der Waals surface area contributed by atoms with Crippen LogP contribution in [0.3, 0.4) is 0 Å². The molecule has 1 heterocycles. The van der Waals surface area contributed by atoms with Crippen molar-refractivity contribution >= 4 is 5.69 Å². The summed E-state index contributed by atoms with van der Waals surface area (Å²) in [6.45, 7) is 0. The fourth-order valence-corrected chi connectivity index (χ4v) is 2.75. The van der Waals surface area contributed by atoms with Gasteiger partial charge in [0.25, 0.3) is 0 Å². The van der Waals surface area contributed by atoms with Crippen molar-refractivity contribution in [3.05, 3.63) is 36.4 Å². The number of ether oxygens (including phenoxy) is 3. The molecule has 1 N–H and O–H groups in total. The van der Waals surface area contributed by atoms with E-state index in [1.54, 1.807) is 27.4 Å². The first-order valence-corrected chi connectivity index (χ1v) is 8.08. The van der Waals surface area contributed by atoms with Gasteiger partial charge in [-0.2, -0.15) is 15.4 Å². The van der Waals surface area contributed by atoms with Crippen LogP contribution in [-0.2, 0) is 0 Å². The number of rotatable bonds is 6. The van der Waals surface area contributed by atoms with Gasteiger partial charge in [0.15, 0.2) is 11.5 Å². The Hall–Kier alpha value is -3.22. The molecule has 0 aliphatic rings. The van der Waals surface area contributed by atoms with Crippen LogP contribution < -0.4 is 19.1 Å². The third-order valence-corrected chi connectivity index (χ3v) is 4.17. The molecule has 0 aliphatic heterocycles. The van der Waals surface area contributed by atoms with Crippen molar-refractivity contribution in [3.63, 3.8) is 0 Å². The standard InChI is InChI=1S/C19H22N4O3/c1-23(2)13-8-6-12(7-9-13)18-19(21-22-20-18)14-10-16(25-4)17(26-5)11-15(14)24-3/h6-11H,1-5H3,(H,20,21,22). The summed E-state index contributed by atoms with van der Waals surface area (Å²) in [7, 11) is 8.80. The number of H-pyrrole nitrogens is 1. The molecule has 3 rings (SSSR count). The number of aromatic amines is 1. The van der Waals surface area contributed by atoms with E-state index in [4.69, 9.17) is 14.2 Å². The van der Waals surface area contributed by atoms with Crippen LogP contribution in [0.4, 0.5) is 5.69 Å². The molecule has 3 aromatic rings. The first-order chi connectivity index (χ1) is 12.6. The zero-order chi connectivity index (χ0) is 18.7. The van der Waals surface area contributed by atoms with Gasteiger partial charge in [-0.1, -0.05) is 12.1 Å². The molecule has 0 spiro atoms. The van der Waals surface area contributed by atoms with Gasteiger partial charge in [0.05, 0.1) is 26.9 Å². The van der Waals surface area contributed by atoms with Gasteiger partial charge < -0.3 is 19.1 Å². The Morgan fingerprint density at radius 3 is 1.92 bits per heavy atom. The van der Waals surface area contributed by atoms with Crippen molar-refractivity contribution in [2.75, 3.05) is 40.3 Å². The van der Waals surface area contributed by atoms with Gasteiger partial charge >= 0.3 is 0 Å². The Kier molecular flexibility index (Phi) is 4.97. The molecular weight excluding hydrogens is 332 g/mol. The SMILES string of the molecule is COc1cc(OC)c(-c2n[nH]nc2-c2ccc(N(C)C)cc2)cc1OC. The Morgan fingerprint density at radius 1 is 0.769 bits per heavy atom. The molecule has 7 nitrogen and oxygen atoms in total. The average Bonchev–Trinajstić information content (AvgIpc) is 3.16. The summed E-state index contributed by atoms with van der Waals surface area (Å²) in [6, 6.07) is 11.7. The first-order valence-electron chi connectivity index (χ1n) is 8.08. The van der Waals surface area contributed by atoms with Crippen LogP contribution in [0.1, 0.15) is 0 Å². The van der Waals surface area contributed by atoms with Crippen LogP contribution in [-0.4, -0.2) is 50.8 Å². The lowest BCUT2D eigenvalue weighted by Gasteiger charge is -2.14. The zero-order valence-electron chi connectivity index (χ0n) is 15.5. The molecule has 0 unspecified atom stereocenters. The molecule has 0 bridgehead atoms. The predicted molar refractivity (Wildman–Crippen MR) is 101 cm³/mol. The molecule has 2 aromatic carbocycles. The van der Waals surface area contributed by atoms with Gasteiger partial charge in [0, 0.05) is 31.4 Å². The van der Waals surface area contributed by atoms with E-state index in [0.29, 0.717) is 22.9 Å². The fourth-order valence-electron chi connectivity index (χ4n) is 2.75. The van der Waals surface area contributed by atoms with Crippen molar-refractivity contribution in [1.29, 1.82) is 0 Å². The molecule has 0 radical (unpaired) electrons. The van der Waals surface area contributed by atoms with Crippen molar-refractivity contribution in [1.82, 2.24) is 15.4 Å². The normalized spacial score (nSPS) is 10.5. The molecule has 0 atom stereocenters. The number of aromatic nitrogens is 3. The van der Waals surface area contributed by atoms with E-state index in [0.717, 1.165) is 22.5 Å². The summed E-state index contributed by atoms with van der Waals surface area (Å²) in [4.78, 5) is 2.05. The highest BCUT2D eigenvalue weighted by Gasteiger charge is 2.20. The van der Waals surface area contributed by atoms with E-state index in [-0.39, 0.29) is 0 Å². The highest BCUT2D eigenvalue weighted by atomic mass is 16.5. The highest BCUT2D eigenvalue weighted by molar-refractivity contribution is 5.82. The minimum Gasteiger partial charge on any atom is -0.496 e. The average molecular weight is 354 g/mol. The molecule has 0 saturated carbocycles. The van der Waals surface area contributed by atoms with E-state index in [1.165, 1.54) is 0 Å². The number of hydrogen-bond acceptors (Lipinski definition) is 6. The quantitative estimate of drug-likeness (QED) is 0.733. The molecule has 136 valence electrons. The number of hydrogen-bond donors (Lipinski definition) is 1. The second kappa shape index (κ2) is 7.35. The minimum atomic E-state index is 0.591. The van der Waals surface area contributed by atoms with E-state index < -0.39 is 0 Å². The van der Waals surface area contributed by atoms with Crippen LogP contribution in [0.5, 0.6) is 17.2 Å². The summed E-state index contributed by atoms with van der Waals surface area (Å²) < 4.78 is 16.3. The van der Waals surface area contributed by atoms with Gasteiger partial charge in [-0.3, -0.25) is 0 Å². The number of nitrogens with zero attached hydrogens (tertiary/aromatic N) is 3. The van der Waals surface area contributed by atoms with Gasteiger partial charge in [0.2, 0.25) is 0 Å². The maximum Gasteiger partial charge on any atom is 0.164 e. The monoisotopic (exact) mass is 354 g/mol. The highest BCUT2D eigenvalue weighted by Crippen LogP contribution is 2.41. The molecule has 7 heteroatoms.